The Hall–Kier alpha value is -1.60. The fraction of sp³-hybridized carbons (Fsp3) is 0.526. The molecule has 2 heterocycles. The number of hydrogen-bond donors (Lipinski definition) is 1. The largest absolute Gasteiger partial charge is 0.352 e. The Morgan fingerprint density at radius 3 is 3.12 bits per heavy atom. The van der Waals surface area contributed by atoms with Crippen LogP contribution in [0.25, 0.3) is 10.7 Å². The molecule has 0 spiro atoms. The Labute approximate surface area is 163 Å². The summed E-state index contributed by atoms with van der Waals surface area (Å²) in [5.74, 6) is 1.68. The van der Waals surface area contributed by atoms with Gasteiger partial charge in [0.15, 0.2) is 11.0 Å². The van der Waals surface area contributed by atoms with E-state index in [1.54, 1.807) is 6.08 Å². The third-order valence-electron chi connectivity index (χ3n) is 4.89. The number of carbonyl (C=O) groups excluding carboxylic acids is 1. The Bertz CT molecular complexity index is 796. The van der Waals surface area contributed by atoms with E-state index in [-0.39, 0.29) is 11.2 Å². The number of nitrogens with one attached hydrogen (secondary N) is 1. The van der Waals surface area contributed by atoms with Gasteiger partial charge in [0.05, 0.1) is 10.1 Å². The first-order chi connectivity index (χ1) is 12.5. The van der Waals surface area contributed by atoms with Crippen LogP contribution in [-0.4, -0.2) is 32.5 Å². The number of amides is 1. The quantitative estimate of drug-likeness (QED) is 0.576. The predicted octanol–water partition coefficient (Wildman–Crippen LogP) is 3.84. The normalized spacial score (nSPS) is 17.6. The van der Waals surface area contributed by atoms with Crippen molar-refractivity contribution in [3.8, 4) is 10.7 Å². The van der Waals surface area contributed by atoms with Crippen molar-refractivity contribution in [1.82, 2.24) is 20.1 Å². The van der Waals surface area contributed by atoms with Crippen molar-refractivity contribution in [2.45, 2.75) is 49.9 Å². The molecule has 26 heavy (non-hydrogen) atoms. The van der Waals surface area contributed by atoms with Gasteiger partial charge in [-0.25, -0.2) is 0 Å². The van der Waals surface area contributed by atoms with E-state index in [1.165, 1.54) is 52.8 Å². The number of thiophene rings is 1. The van der Waals surface area contributed by atoms with Crippen molar-refractivity contribution in [3.63, 3.8) is 0 Å². The zero-order valence-corrected chi connectivity index (χ0v) is 17.3. The standard InChI is InChI=1S/C19H26N4OS2/c1-5-9-20-18(24)12(3)25-19-22-21-17(23(19)4)16-11-14-10-13(6-2)7-8-15(14)26-16/h5,11-13H,1,6-10H2,2-4H3,(H,20,24)/t12-,13+/m0/s1. The summed E-state index contributed by atoms with van der Waals surface area (Å²) >= 11 is 3.27. The molecule has 1 amide bonds. The van der Waals surface area contributed by atoms with E-state index in [1.807, 2.05) is 29.9 Å². The van der Waals surface area contributed by atoms with Crippen LogP contribution in [0.15, 0.2) is 23.9 Å². The van der Waals surface area contributed by atoms with Gasteiger partial charge in [0.1, 0.15) is 0 Å². The number of rotatable bonds is 7. The molecule has 0 bridgehead atoms. The number of nitrogens with zero attached hydrogens (tertiary/aromatic N) is 3. The maximum Gasteiger partial charge on any atom is 0.233 e. The molecule has 1 N–H and O–H groups in total. The summed E-state index contributed by atoms with van der Waals surface area (Å²) in [6, 6.07) is 2.29. The van der Waals surface area contributed by atoms with E-state index in [0.717, 1.165) is 16.9 Å². The Kier molecular flexibility index (Phi) is 6.19. The molecule has 0 fully saturated rings. The zero-order chi connectivity index (χ0) is 18.7. The second kappa shape index (κ2) is 8.39. The molecule has 0 saturated carbocycles. The summed E-state index contributed by atoms with van der Waals surface area (Å²) in [5, 5.41) is 12.1. The Morgan fingerprint density at radius 2 is 2.38 bits per heavy atom. The predicted molar refractivity (Wildman–Crippen MR) is 109 cm³/mol. The van der Waals surface area contributed by atoms with Gasteiger partial charge in [0.25, 0.3) is 0 Å². The summed E-state index contributed by atoms with van der Waals surface area (Å²) in [6.07, 6.45) is 6.58. The maximum atomic E-state index is 12.1. The molecule has 2 atom stereocenters. The monoisotopic (exact) mass is 390 g/mol. The lowest BCUT2D eigenvalue weighted by atomic mass is 9.87. The molecule has 0 radical (unpaired) electrons. The average molecular weight is 391 g/mol. The van der Waals surface area contributed by atoms with Crippen LogP contribution in [0.1, 0.15) is 37.1 Å². The Morgan fingerprint density at radius 1 is 1.58 bits per heavy atom. The third-order valence-corrected chi connectivity index (χ3v) is 7.26. The molecule has 0 saturated heterocycles. The fourth-order valence-electron chi connectivity index (χ4n) is 3.22. The van der Waals surface area contributed by atoms with Crippen molar-refractivity contribution in [3.05, 3.63) is 29.2 Å². The molecule has 1 aliphatic carbocycles. The second-order valence-corrected chi connectivity index (χ2v) is 9.18. The van der Waals surface area contributed by atoms with Crippen molar-refractivity contribution >= 4 is 29.0 Å². The van der Waals surface area contributed by atoms with Crippen LogP contribution in [0.2, 0.25) is 0 Å². The van der Waals surface area contributed by atoms with Crippen molar-refractivity contribution in [2.24, 2.45) is 13.0 Å². The summed E-state index contributed by atoms with van der Waals surface area (Å²) in [4.78, 5) is 14.7. The molecule has 3 rings (SSSR count). The van der Waals surface area contributed by atoms with E-state index in [4.69, 9.17) is 0 Å². The van der Waals surface area contributed by atoms with Crippen LogP contribution < -0.4 is 5.32 Å². The van der Waals surface area contributed by atoms with Gasteiger partial charge in [-0.2, -0.15) is 0 Å². The van der Waals surface area contributed by atoms with Crippen molar-refractivity contribution in [2.75, 3.05) is 6.54 Å². The van der Waals surface area contributed by atoms with Gasteiger partial charge < -0.3 is 9.88 Å². The maximum absolute atomic E-state index is 12.1. The summed E-state index contributed by atoms with van der Waals surface area (Å²) in [5.41, 5.74) is 1.48. The average Bonchev–Trinajstić information content (AvgIpc) is 3.22. The molecule has 140 valence electrons. The number of carbonyl (C=O) groups is 1. The van der Waals surface area contributed by atoms with Crippen LogP contribution in [0.5, 0.6) is 0 Å². The van der Waals surface area contributed by atoms with Crippen molar-refractivity contribution < 1.29 is 4.79 Å². The minimum Gasteiger partial charge on any atom is -0.352 e. The summed E-state index contributed by atoms with van der Waals surface area (Å²) in [6.45, 7) is 8.26. The highest BCUT2D eigenvalue weighted by Crippen LogP contribution is 2.38. The highest BCUT2D eigenvalue weighted by Gasteiger charge is 2.23. The molecule has 5 nitrogen and oxygen atoms in total. The highest BCUT2D eigenvalue weighted by molar-refractivity contribution is 8.00. The highest BCUT2D eigenvalue weighted by atomic mass is 32.2. The summed E-state index contributed by atoms with van der Waals surface area (Å²) in [7, 11) is 1.97. The molecular formula is C19H26N4OS2. The molecule has 2 aromatic heterocycles. The summed E-state index contributed by atoms with van der Waals surface area (Å²) < 4.78 is 2.00. The van der Waals surface area contributed by atoms with E-state index < -0.39 is 0 Å². The topological polar surface area (TPSA) is 59.8 Å². The molecular weight excluding hydrogens is 364 g/mol. The molecule has 2 aromatic rings. The lowest BCUT2D eigenvalue weighted by Gasteiger charge is -2.19. The SMILES string of the molecule is C=CCNC(=O)[C@H](C)Sc1nnc(-c2cc3c(s2)CC[C@@H](CC)C3)n1C. The molecule has 0 unspecified atom stereocenters. The van der Waals surface area contributed by atoms with Crippen molar-refractivity contribution in [1.29, 1.82) is 0 Å². The lowest BCUT2D eigenvalue weighted by molar-refractivity contribution is -0.120. The van der Waals surface area contributed by atoms with Gasteiger partial charge >= 0.3 is 0 Å². The fourth-order valence-corrected chi connectivity index (χ4v) is 5.29. The van der Waals surface area contributed by atoms with Crippen LogP contribution in [-0.2, 0) is 24.7 Å². The zero-order valence-electron chi connectivity index (χ0n) is 15.6. The number of aromatic nitrogens is 3. The van der Waals surface area contributed by atoms with E-state index in [9.17, 15) is 4.79 Å². The van der Waals surface area contributed by atoms with Crippen LogP contribution in [0.4, 0.5) is 0 Å². The number of thioether (sulfide) groups is 1. The van der Waals surface area contributed by atoms with Gasteiger partial charge in [0.2, 0.25) is 5.91 Å². The van der Waals surface area contributed by atoms with Gasteiger partial charge in [-0.05, 0) is 43.7 Å². The Balaban J connectivity index is 1.74. The van der Waals surface area contributed by atoms with E-state index >= 15 is 0 Å². The number of hydrogen-bond acceptors (Lipinski definition) is 5. The van der Waals surface area contributed by atoms with E-state index in [0.29, 0.717) is 6.54 Å². The number of aryl methyl sites for hydroxylation is 1. The minimum atomic E-state index is -0.229. The molecule has 0 aliphatic heterocycles. The van der Waals surface area contributed by atoms with Crippen LogP contribution in [0.3, 0.4) is 0 Å². The van der Waals surface area contributed by atoms with E-state index in [2.05, 4.69) is 35.1 Å². The number of fused-ring (bicyclic) bond motifs is 1. The second-order valence-electron chi connectivity index (χ2n) is 6.74. The lowest BCUT2D eigenvalue weighted by Crippen LogP contribution is -2.31. The first kappa shape index (κ1) is 19.2. The minimum absolute atomic E-state index is 0.0170. The van der Waals surface area contributed by atoms with Gasteiger partial charge in [0, 0.05) is 18.5 Å². The molecule has 0 aromatic carbocycles. The molecule has 1 aliphatic rings. The van der Waals surface area contributed by atoms with Crippen LogP contribution in [0, 0.1) is 5.92 Å². The van der Waals surface area contributed by atoms with Gasteiger partial charge in [-0.1, -0.05) is 31.2 Å². The smallest absolute Gasteiger partial charge is 0.233 e. The molecule has 7 heteroatoms. The first-order valence-electron chi connectivity index (χ1n) is 9.10. The van der Waals surface area contributed by atoms with Gasteiger partial charge in [-0.15, -0.1) is 28.1 Å². The first-order valence-corrected chi connectivity index (χ1v) is 10.8. The van der Waals surface area contributed by atoms with Gasteiger partial charge in [-0.3, -0.25) is 4.79 Å². The third kappa shape index (κ3) is 4.04. The van der Waals surface area contributed by atoms with Crippen LogP contribution >= 0.6 is 23.1 Å².